The van der Waals surface area contributed by atoms with E-state index >= 15 is 0 Å². The molecule has 0 N–H and O–H groups in total. The third-order valence-electron chi connectivity index (χ3n) is 8.99. The predicted octanol–water partition coefficient (Wildman–Crippen LogP) is 8.36. The first-order chi connectivity index (χ1) is 22.1. The fourth-order valence-corrected chi connectivity index (χ4v) is 6.28. The van der Waals surface area contributed by atoms with Crippen molar-refractivity contribution in [3.05, 3.63) is 78.1 Å². The van der Waals surface area contributed by atoms with E-state index in [0.29, 0.717) is 33.0 Å². The summed E-state index contributed by atoms with van der Waals surface area (Å²) in [6, 6.07) is 18.7. The van der Waals surface area contributed by atoms with Gasteiger partial charge >= 0.3 is 0 Å². The molecular formula is C37H51N3O5Si. The van der Waals surface area contributed by atoms with Gasteiger partial charge in [-0.3, -0.25) is 4.98 Å². The topological polar surface area (TPSA) is 76.9 Å². The second-order valence-corrected chi connectivity index (χ2v) is 18.5. The van der Waals surface area contributed by atoms with Crippen LogP contribution in [0.1, 0.15) is 64.3 Å². The van der Waals surface area contributed by atoms with Gasteiger partial charge in [-0.25, -0.2) is 4.68 Å². The van der Waals surface area contributed by atoms with Gasteiger partial charge in [0.2, 0.25) is 8.32 Å². The first-order valence-corrected chi connectivity index (χ1v) is 19.6. The van der Waals surface area contributed by atoms with Crippen LogP contribution in [0.5, 0.6) is 5.75 Å². The van der Waals surface area contributed by atoms with Crippen molar-refractivity contribution in [1.82, 2.24) is 14.8 Å². The first kappa shape index (κ1) is 34.3. The number of hydrogen-bond acceptors (Lipinski definition) is 7. The van der Waals surface area contributed by atoms with Crippen LogP contribution < -0.4 is 4.43 Å². The monoisotopic (exact) mass is 645 g/mol. The van der Waals surface area contributed by atoms with Crippen molar-refractivity contribution in [2.24, 2.45) is 0 Å². The summed E-state index contributed by atoms with van der Waals surface area (Å²) in [5.41, 5.74) is 5.20. The maximum atomic E-state index is 6.70. The third-order valence-corrected chi connectivity index (χ3v) is 13.3. The molecule has 2 aromatic carbocycles. The summed E-state index contributed by atoms with van der Waals surface area (Å²) in [5, 5.41) is 6.29. The number of benzene rings is 2. The largest absolute Gasteiger partial charge is 0.543 e. The number of rotatable bonds is 15. The van der Waals surface area contributed by atoms with Crippen molar-refractivity contribution in [1.29, 1.82) is 0 Å². The van der Waals surface area contributed by atoms with E-state index in [1.165, 1.54) is 0 Å². The third kappa shape index (κ3) is 9.04. The molecule has 1 unspecified atom stereocenters. The second-order valence-electron chi connectivity index (χ2n) is 13.8. The van der Waals surface area contributed by atoms with Gasteiger partial charge in [-0.05, 0) is 86.1 Å². The lowest BCUT2D eigenvalue weighted by Gasteiger charge is -2.36. The fourth-order valence-electron chi connectivity index (χ4n) is 5.25. The van der Waals surface area contributed by atoms with Crippen LogP contribution in [0.4, 0.5) is 0 Å². The highest BCUT2D eigenvalue weighted by Crippen LogP contribution is 2.40. The molecule has 0 amide bonds. The van der Waals surface area contributed by atoms with E-state index in [9.17, 15) is 0 Å². The Hall–Kier alpha value is -3.08. The van der Waals surface area contributed by atoms with Gasteiger partial charge in [0.25, 0.3) is 0 Å². The average Bonchev–Trinajstić information content (AvgIpc) is 3.42. The summed E-state index contributed by atoms with van der Waals surface area (Å²) in [7, 11) is -2.01. The van der Waals surface area contributed by atoms with E-state index in [1.54, 1.807) is 0 Å². The van der Waals surface area contributed by atoms with Gasteiger partial charge in [-0.2, -0.15) is 5.10 Å². The molecule has 2 atom stereocenters. The molecule has 3 heterocycles. The Morgan fingerprint density at radius 1 is 0.957 bits per heavy atom. The van der Waals surface area contributed by atoms with Crippen molar-refractivity contribution in [2.75, 3.05) is 33.0 Å². The van der Waals surface area contributed by atoms with Crippen molar-refractivity contribution < 1.29 is 23.4 Å². The van der Waals surface area contributed by atoms with Gasteiger partial charge in [0.15, 0.2) is 6.23 Å². The van der Waals surface area contributed by atoms with E-state index in [2.05, 4.69) is 79.9 Å². The number of fused-ring (bicyclic) bond motifs is 1. The highest BCUT2D eigenvalue weighted by Gasteiger charge is 2.39. The minimum Gasteiger partial charge on any atom is -0.543 e. The highest BCUT2D eigenvalue weighted by molar-refractivity contribution is 6.74. The normalized spacial score (nSPS) is 16.5. The minimum atomic E-state index is -2.01. The Morgan fingerprint density at radius 3 is 2.52 bits per heavy atom. The number of aromatic nitrogens is 3. The molecule has 9 heteroatoms. The molecule has 8 nitrogen and oxygen atoms in total. The van der Waals surface area contributed by atoms with Crippen molar-refractivity contribution in [2.45, 2.75) is 90.4 Å². The van der Waals surface area contributed by atoms with Crippen molar-refractivity contribution in [3.63, 3.8) is 0 Å². The van der Waals surface area contributed by atoms with Crippen LogP contribution in [0.3, 0.4) is 0 Å². The number of hydrogen-bond donors (Lipinski definition) is 0. The fraction of sp³-hybridized carbons (Fsp3) is 0.514. The smallest absolute Gasteiger partial charge is 0.250 e. The molecule has 0 bridgehead atoms. The zero-order valence-corrected chi connectivity index (χ0v) is 29.5. The molecule has 4 aromatic rings. The van der Waals surface area contributed by atoms with Crippen LogP contribution in [0.15, 0.2) is 67.0 Å². The van der Waals surface area contributed by atoms with E-state index in [-0.39, 0.29) is 17.4 Å². The quantitative estimate of drug-likeness (QED) is 0.0950. The lowest BCUT2D eigenvalue weighted by atomic mass is 10.1. The number of ether oxygens (including phenoxy) is 4. The summed E-state index contributed by atoms with van der Waals surface area (Å²) >= 11 is 0. The Kier molecular flexibility index (Phi) is 11.7. The van der Waals surface area contributed by atoms with Gasteiger partial charge in [0, 0.05) is 30.0 Å². The van der Waals surface area contributed by atoms with Crippen LogP contribution in [0.25, 0.3) is 22.2 Å². The second kappa shape index (κ2) is 15.7. The highest BCUT2D eigenvalue weighted by atomic mass is 28.4. The van der Waals surface area contributed by atoms with Gasteiger partial charge in [-0.15, -0.1) is 0 Å². The summed E-state index contributed by atoms with van der Waals surface area (Å²) in [5.74, 6) is 0.890. The van der Waals surface area contributed by atoms with Crippen LogP contribution in [0, 0.1) is 0 Å². The molecular weight excluding hydrogens is 595 g/mol. The zero-order valence-electron chi connectivity index (χ0n) is 28.5. The van der Waals surface area contributed by atoms with Crippen LogP contribution in [0.2, 0.25) is 18.1 Å². The molecule has 1 aliphatic rings. The van der Waals surface area contributed by atoms with E-state index < -0.39 is 8.32 Å². The average molecular weight is 646 g/mol. The van der Waals surface area contributed by atoms with Gasteiger partial charge in [0.05, 0.1) is 44.7 Å². The molecule has 2 aromatic heterocycles. The molecule has 1 fully saturated rings. The Bertz CT molecular complexity index is 1530. The van der Waals surface area contributed by atoms with Crippen molar-refractivity contribution in [3.8, 4) is 17.0 Å². The number of nitrogens with zero attached hydrogens (tertiary/aromatic N) is 3. The maximum absolute atomic E-state index is 6.70. The van der Waals surface area contributed by atoms with E-state index in [1.807, 2.05) is 37.5 Å². The van der Waals surface area contributed by atoms with Crippen LogP contribution in [-0.2, 0) is 32.0 Å². The van der Waals surface area contributed by atoms with Gasteiger partial charge < -0.3 is 23.4 Å². The summed E-state index contributed by atoms with van der Waals surface area (Å²) < 4.78 is 32.5. The summed E-state index contributed by atoms with van der Waals surface area (Å²) in [6.45, 7) is 16.9. The standard InChI is InChI=1S/C37H51N3O5Si/c1-28(44-27-29-12-8-7-9-13-29)26-42-21-20-41-19-17-30-22-31(25-38-24-30)36-33-23-32(45-46(5,6)37(2,3)4)15-16-34(33)40(39-36)35-14-10-11-18-43-35/h7-9,12-13,15-16,22-25,28,35H,10-11,14,17-21,26-27H2,1-6H3/t28-,35?/m1/s1. The van der Waals surface area contributed by atoms with E-state index in [0.717, 1.165) is 71.3 Å². The molecule has 0 radical (unpaired) electrons. The molecule has 0 spiro atoms. The van der Waals surface area contributed by atoms with Crippen LogP contribution >= 0.6 is 0 Å². The van der Waals surface area contributed by atoms with Crippen LogP contribution in [-0.4, -0.2) is 62.2 Å². The Morgan fingerprint density at radius 2 is 1.76 bits per heavy atom. The molecule has 1 aliphatic heterocycles. The minimum absolute atomic E-state index is 0.0212. The maximum Gasteiger partial charge on any atom is 0.250 e. The zero-order chi connectivity index (χ0) is 32.6. The lowest BCUT2D eigenvalue weighted by molar-refractivity contribution is -0.0365. The first-order valence-electron chi connectivity index (χ1n) is 16.7. The predicted molar refractivity (Wildman–Crippen MR) is 186 cm³/mol. The number of pyridine rings is 1. The summed E-state index contributed by atoms with van der Waals surface area (Å²) in [6.07, 6.45) is 7.69. The molecule has 1 saturated heterocycles. The van der Waals surface area contributed by atoms with Gasteiger partial charge in [0.1, 0.15) is 11.4 Å². The molecule has 0 aliphatic carbocycles. The Labute approximate surface area is 275 Å². The SMILES string of the molecule is C[C@H](COCCOCCc1cncc(-c2nn(C3CCCCO3)c3ccc(O[Si](C)(C)C(C)(C)C)cc23)c1)OCc1ccccc1. The van der Waals surface area contributed by atoms with E-state index in [4.69, 9.17) is 28.5 Å². The Balaban J connectivity index is 1.20. The van der Waals surface area contributed by atoms with Gasteiger partial charge in [-0.1, -0.05) is 51.1 Å². The molecule has 46 heavy (non-hydrogen) atoms. The molecule has 5 rings (SSSR count). The molecule has 248 valence electrons. The summed E-state index contributed by atoms with van der Waals surface area (Å²) in [4.78, 5) is 4.59. The molecule has 0 saturated carbocycles. The van der Waals surface area contributed by atoms with Crippen molar-refractivity contribution >= 4 is 19.2 Å². The lowest BCUT2D eigenvalue weighted by Crippen LogP contribution is -2.43.